The summed E-state index contributed by atoms with van der Waals surface area (Å²) in [6.07, 6.45) is 0.570. The monoisotopic (exact) mass is 348 g/mol. The predicted molar refractivity (Wildman–Crippen MR) is 77.7 cm³/mol. The van der Waals surface area contributed by atoms with Crippen molar-refractivity contribution in [1.29, 1.82) is 0 Å². The van der Waals surface area contributed by atoms with Crippen molar-refractivity contribution in [2.75, 3.05) is 5.75 Å². The first-order valence-electron chi connectivity index (χ1n) is 6.62. The van der Waals surface area contributed by atoms with Gasteiger partial charge in [-0.2, -0.15) is 18.3 Å². The number of alkyl halides is 3. The van der Waals surface area contributed by atoms with Crippen molar-refractivity contribution in [2.24, 2.45) is 7.05 Å². The van der Waals surface area contributed by atoms with Crippen LogP contribution in [-0.4, -0.2) is 35.1 Å². The number of sulfonamides is 1. The van der Waals surface area contributed by atoms with Gasteiger partial charge in [-0.25, -0.2) is 13.1 Å². The largest absolute Gasteiger partial charge is 0.390 e. The number of pyridine rings is 1. The van der Waals surface area contributed by atoms with Crippen LogP contribution in [0.25, 0.3) is 11.1 Å². The first-order valence-corrected chi connectivity index (χ1v) is 8.27. The van der Waals surface area contributed by atoms with Gasteiger partial charge in [0.1, 0.15) is 0 Å². The molecule has 2 heterocycles. The number of aromatic nitrogens is 3. The van der Waals surface area contributed by atoms with Gasteiger partial charge in [-0.15, -0.1) is 0 Å². The Kier molecular flexibility index (Phi) is 5.05. The topological polar surface area (TPSA) is 76.9 Å². The number of rotatable bonds is 6. The highest BCUT2D eigenvalue weighted by molar-refractivity contribution is 7.89. The molecular weight excluding hydrogens is 333 g/mol. The molecule has 0 amide bonds. The summed E-state index contributed by atoms with van der Waals surface area (Å²) in [6.45, 7) is -0.124. The van der Waals surface area contributed by atoms with Gasteiger partial charge >= 0.3 is 6.18 Å². The third-order valence-electron chi connectivity index (χ3n) is 2.98. The van der Waals surface area contributed by atoms with Gasteiger partial charge in [0, 0.05) is 43.3 Å². The van der Waals surface area contributed by atoms with Crippen LogP contribution in [0.1, 0.15) is 12.0 Å². The molecule has 0 aliphatic rings. The minimum Gasteiger partial charge on any atom is -0.275 e. The molecule has 0 aromatic carbocycles. The zero-order valence-corrected chi connectivity index (χ0v) is 13.0. The van der Waals surface area contributed by atoms with Gasteiger partial charge in [0.2, 0.25) is 10.0 Å². The number of halogens is 3. The summed E-state index contributed by atoms with van der Waals surface area (Å²) < 4.78 is 63.1. The molecule has 0 saturated heterocycles. The molecule has 23 heavy (non-hydrogen) atoms. The van der Waals surface area contributed by atoms with E-state index in [9.17, 15) is 21.6 Å². The maximum absolute atomic E-state index is 12.1. The van der Waals surface area contributed by atoms with E-state index in [4.69, 9.17) is 0 Å². The van der Waals surface area contributed by atoms with Crippen LogP contribution in [0, 0.1) is 0 Å². The lowest BCUT2D eigenvalue weighted by Crippen LogP contribution is -2.28. The maximum Gasteiger partial charge on any atom is 0.390 e. The second-order valence-corrected chi connectivity index (χ2v) is 6.92. The number of hydrogen-bond acceptors (Lipinski definition) is 4. The Balaban J connectivity index is 2.01. The standard InChI is InChI=1S/C13H15F3N4O2S/c1-20-9-12(8-18-20)11-4-10(5-17-7-11)6-19-23(21,22)3-2-13(14,15)16/h4-5,7-9,19H,2-3,6H2,1H3. The summed E-state index contributed by atoms with van der Waals surface area (Å²) in [7, 11) is -2.24. The molecule has 6 nitrogen and oxygen atoms in total. The van der Waals surface area contributed by atoms with Gasteiger partial charge in [0.15, 0.2) is 0 Å². The highest BCUT2D eigenvalue weighted by Crippen LogP contribution is 2.20. The molecule has 10 heteroatoms. The summed E-state index contributed by atoms with van der Waals surface area (Å²) in [5, 5.41) is 4.03. The first kappa shape index (κ1) is 17.4. The van der Waals surface area contributed by atoms with Crippen LogP contribution in [0.15, 0.2) is 30.9 Å². The van der Waals surface area contributed by atoms with Crippen LogP contribution < -0.4 is 4.72 Å². The van der Waals surface area contributed by atoms with Gasteiger partial charge in [0.25, 0.3) is 0 Å². The Morgan fingerprint density at radius 2 is 1.96 bits per heavy atom. The van der Waals surface area contributed by atoms with Crippen molar-refractivity contribution in [1.82, 2.24) is 19.5 Å². The summed E-state index contributed by atoms with van der Waals surface area (Å²) in [4.78, 5) is 4.00. The Morgan fingerprint density at radius 1 is 1.22 bits per heavy atom. The SMILES string of the molecule is Cn1cc(-c2cncc(CNS(=O)(=O)CCC(F)(F)F)c2)cn1. The molecule has 0 atom stereocenters. The second-order valence-electron chi connectivity index (χ2n) is 4.99. The predicted octanol–water partition coefficient (Wildman–Crippen LogP) is 1.85. The molecule has 0 bridgehead atoms. The average molecular weight is 348 g/mol. The van der Waals surface area contributed by atoms with Crippen LogP contribution in [-0.2, 0) is 23.6 Å². The van der Waals surface area contributed by atoms with Gasteiger partial charge < -0.3 is 0 Å². The molecule has 0 spiro atoms. The molecule has 0 unspecified atom stereocenters. The molecular formula is C13H15F3N4O2S. The highest BCUT2D eigenvalue weighted by Gasteiger charge is 2.29. The van der Waals surface area contributed by atoms with Crippen molar-refractivity contribution < 1.29 is 21.6 Å². The van der Waals surface area contributed by atoms with Crippen LogP contribution in [0.2, 0.25) is 0 Å². The van der Waals surface area contributed by atoms with Crippen molar-refractivity contribution in [2.45, 2.75) is 19.1 Å². The van der Waals surface area contributed by atoms with E-state index in [0.717, 1.165) is 11.1 Å². The van der Waals surface area contributed by atoms with E-state index in [-0.39, 0.29) is 6.54 Å². The zero-order valence-electron chi connectivity index (χ0n) is 12.2. The molecule has 1 N–H and O–H groups in total. The molecule has 0 fully saturated rings. The second kappa shape index (κ2) is 6.67. The molecule has 2 rings (SSSR count). The minimum absolute atomic E-state index is 0.124. The fourth-order valence-corrected chi connectivity index (χ4v) is 2.86. The fourth-order valence-electron chi connectivity index (χ4n) is 1.83. The van der Waals surface area contributed by atoms with Crippen LogP contribution in [0.5, 0.6) is 0 Å². The lowest BCUT2D eigenvalue weighted by atomic mass is 10.1. The van der Waals surface area contributed by atoms with E-state index < -0.39 is 28.4 Å². The Morgan fingerprint density at radius 3 is 2.57 bits per heavy atom. The van der Waals surface area contributed by atoms with Crippen molar-refractivity contribution in [3.8, 4) is 11.1 Å². The summed E-state index contributed by atoms with van der Waals surface area (Å²) in [6, 6.07) is 1.70. The smallest absolute Gasteiger partial charge is 0.275 e. The quantitative estimate of drug-likeness (QED) is 0.864. The van der Waals surface area contributed by atoms with Crippen molar-refractivity contribution in [3.63, 3.8) is 0 Å². The van der Waals surface area contributed by atoms with Gasteiger partial charge in [-0.1, -0.05) is 0 Å². The number of aryl methyl sites for hydroxylation is 1. The van der Waals surface area contributed by atoms with Crippen LogP contribution >= 0.6 is 0 Å². The van der Waals surface area contributed by atoms with E-state index >= 15 is 0 Å². The first-order chi connectivity index (χ1) is 10.6. The Bertz CT molecular complexity index is 772. The zero-order chi connectivity index (χ0) is 17.1. The normalized spacial score (nSPS) is 12.5. The molecule has 0 radical (unpaired) electrons. The number of hydrogen-bond donors (Lipinski definition) is 1. The molecule has 2 aromatic rings. The van der Waals surface area contributed by atoms with E-state index in [0.29, 0.717) is 5.56 Å². The van der Waals surface area contributed by atoms with E-state index in [2.05, 4.69) is 14.8 Å². The fraction of sp³-hybridized carbons (Fsp3) is 0.385. The average Bonchev–Trinajstić information content (AvgIpc) is 2.90. The highest BCUT2D eigenvalue weighted by atomic mass is 32.2. The van der Waals surface area contributed by atoms with Gasteiger partial charge in [0.05, 0.1) is 18.4 Å². The molecule has 0 aliphatic heterocycles. The van der Waals surface area contributed by atoms with E-state index in [1.807, 2.05) is 0 Å². The van der Waals surface area contributed by atoms with Gasteiger partial charge in [-0.05, 0) is 11.6 Å². The minimum atomic E-state index is -4.50. The lowest BCUT2D eigenvalue weighted by molar-refractivity contribution is -0.129. The Hall–Kier alpha value is -1.94. The Labute approximate surface area is 131 Å². The summed E-state index contributed by atoms with van der Waals surface area (Å²) >= 11 is 0. The summed E-state index contributed by atoms with van der Waals surface area (Å²) in [5.41, 5.74) is 2.09. The summed E-state index contributed by atoms with van der Waals surface area (Å²) in [5.74, 6) is -0.994. The van der Waals surface area contributed by atoms with Crippen LogP contribution in [0.4, 0.5) is 13.2 Å². The molecule has 126 valence electrons. The van der Waals surface area contributed by atoms with E-state index in [1.54, 1.807) is 36.4 Å². The lowest BCUT2D eigenvalue weighted by Gasteiger charge is -2.09. The molecule has 2 aromatic heterocycles. The van der Waals surface area contributed by atoms with Crippen molar-refractivity contribution >= 4 is 10.0 Å². The van der Waals surface area contributed by atoms with Gasteiger partial charge in [-0.3, -0.25) is 9.67 Å². The number of nitrogens with zero attached hydrogens (tertiary/aromatic N) is 3. The third-order valence-corrected chi connectivity index (χ3v) is 4.31. The van der Waals surface area contributed by atoms with Crippen molar-refractivity contribution in [3.05, 3.63) is 36.4 Å². The van der Waals surface area contributed by atoms with E-state index in [1.165, 1.54) is 6.20 Å². The maximum atomic E-state index is 12.1. The molecule has 0 aliphatic carbocycles. The number of nitrogens with one attached hydrogen (secondary N) is 1. The molecule has 0 saturated carbocycles. The third kappa shape index (κ3) is 5.64. The van der Waals surface area contributed by atoms with Crippen LogP contribution in [0.3, 0.4) is 0 Å².